The van der Waals surface area contributed by atoms with Gasteiger partial charge in [-0.2, -0.15) is 0 Å². The predicted molar refractivity (Wildman–Crippen MR) is 294 cm³/mol. The molecule has 0 aromatic heterocycles. The van der Waals surface area contributed by atoms with Gasteiger partial charge in [0.15, 0.2) is 31.9 Å². The van der Waals surface area contributed by atoms with Crippen molar-refractivity contribution in [2.75, 3.05) is 6.61 Å². The molecule has 0 aromatic carbocycles. The molecule has 4 aliphatic carbocycles. The fourth-order valence-electron chi connectivity index (χ4n) is 14.4. The maximum Gasteiger partial charge on any atom is 0.408 e. The molecule has 5 rings (SSSR count). The van der Waals surface area contributed by atoms with Gasteiger partial charge in [-0.25, -0.2) is 9.59 Å². The van der Waals surface area contributed by atoms with E-state index in [-0.39, 0.29) is 41.6 Å². The maximum absolute atomic E-state index is 16.6. The summed E-state index contributed by atoms with van der Waals surface area (Å²) in [6.45, 7) is 36.8. The van der Waals surface area contributed by atoms with E-state index in [1.807, 2.05) is 13.8 Å². The van der Waals surface area contributed by atoms with Crippen molar-refractivity contribution >= 4 is 52.4 Å². The number of carbonyl (C=O) groups is 6. The lowest BCUT2D eigenvalue weighted by Gasteiger charge is -2.68. The van der Waals surface area contributed by atoms with Gasteiger partial charge in [0.2, 0.25) is 8.32 Å². The van der Waals surface area contributed by atoms with Crippen LogP contribution in [0.4, 0.5) is 4.79 Å². The number of alkyl carbamates (subject to hydrolysis) is 1. The van der Waals surface area contributed by atoms with Crippen LogP contribution in [0.5, 0.6) is 0 Å². The van der Waals surface area contributed by atoms with E-state index in [9.17, 15) is 19.5 Å². The molecule has 432 valence electrons. The fraction of sp³-hybridized carbons (Fsp3) is 0.828. The first kappa shape index (κ1) is 63.4. The van der Waals surface area contributed by atoms with Gasteiger partial charge in [0.05, 0.1) is 36.0 Å². The van der Waals surface area contributed by atoms with Crippen LogP contribution in [0, 0.1) is 22.7 Å². The van der Waals surface area contributed by atoms with Crippen LogP contribution >= 0.6 is 0 Å². The van der Waals surface area contributed by atoms with E-state index in [2.05, 4.69) is 67.6 Å². The molecular formula is C58H97NO15Si2. The summed E-state index contributed by atoms with van der Waals surface area (Å²) in [4.78, 5) is 88.5. The normalized spacial score (nSPS) is 30.7. The van der Waals surface area contributed by atoms with Crippen molar-refractivity contribution < 1.29 is 71.1 Å². The standard InChI is InChI=1S/C58H97NO15Si2/c1-21-75(22-2,23-3)73-43-30-44-57(32-67-44,71-39(14)61)48-50(70-51(63)40-27-25-24-26-28-40)58(66)31-42(37(12)45(55(58,18)19)47(68-38(13)60)49(62)56(43,48)20)69-52(64)46(74-76(34(6)7,35(8)9)36(10)11)41(29-33(4)5)59-53(65)72-54(15,16)17/h29,34-36,40-44,46-48,50,66H,21-28,30-32H2,1-20H3,(H,59,65)/t41-,42-,43-,44+,46+,47+,48?,50-,56+,57-,58+/m0/s1. The number of Topliss-reactive ketones (excluding diaryl/α,β-unsaturated/α-hetero) is 1. The van der Waals surface area contributed by atoms with Gasteiger partial charge in [0.25, 0.3) is 0 Å². The van der Waals surface area contributed by atoms with Crippen LogP contribution in [0.15, 0.2) is 22.8 Å². The predicted octanol–water partition coefficient (Wildman–Crippen LogP) is 10.9. The van der Waals surface area contributed by atoms with Crippen molar-refractivity contribution in [1.29, 1.82) is 0 Å². The molecule has 18 heteroatoms. The van der Waals surface area contributed by atoms with Crippen molar-refractivity contribution in [3.63, 3.8) is 0 Å². The van der Waals surface area contributed by atoms with Crippen molar-refractivity contribution in [2.45, 2.75) is 278 Å². The lowest BCUT2D eigenvalue weighted by molar-refractivity contribution is -0.346. The smallest absolute Gasteiger partial charge is 0.408 e. The van der Waals surface area contributed by atoms with Gasteiger partial charge < -0.3 is 47.7 Å². The number of esters is 4. The zero-order chi connectivity index (χ0) is 57.5. The van der Waals surface area contributed by atoms with Gasteiger partial charge in [-0.3, -0.25) is 19.2 Å². The molecule has 3 saturated carbocycles. The largest absolute Gasteiger partial charge is 0.459 e. The highest BCUT2D eigenvalue weighted by atomic mass is 28.4. The summed E-state index contributed by atoms with van der Waals surface area (Å²) in [6, 6.07) is 1.04. The number of amides is 1. The molecule has 11 atom stereocenters. The zero-order valence-electron chi connectivity index (χ0n) is 49.9. The highest BCUT2D eigenvalue weighted by Crippen LogP contribution is 2.65. The van der Waals surface area contributed by atoms with E-state index >= 15 is 14.4 Å². The Labute approximate surface area is 456 Å². The number of hydrogen-bond donors (Lipinski definition) is 2. The minimum absolute atomic E-state index is 0.0141. The van der Waals surface area contributed by atoms with Crippen LogP contribution < -0.4 is 5.32 Å². The average molecular weight is 1100 g/mol. The molecule has 0 aromatic rings. The molecule has 76 heavy (non-hydrogen) atoms. The number of hydrogen-bond acceptors (Lipinski definition) is 15. The average Bonchev–Trinajstić information content (AvgIpc) is 3.30. The van der Waals surface area contributed by atoms with Crippen molar-refractivity contribution in [1.82, 2.24) is 5.32 Å². The molecule has 1 saturated heterocycles. The molecule has 1 aliphatic heterocycles. The van der Waals surface area contributed by atoms with Crippen molar-refractivity contribution in [3.05, 3.63) is 22.8 Å². The number of nitrogens with one attached hydrogen (secondary N) is 1. The third kappa shape index (κ3) is 11.9. The first-order valence-electron chi connectivity index (χ1n) is 28.5. The fourth-order valence-corrected chi connectivity index (χ4v) is 22.8. The molecule has 16 nitrogen and oxygen atoms in total. The number of fused-ring (bicyclic) bond motifs is 5. The van der Waals surface area contributed by atoms with E-state index in [1.165, 1.54) is 13.8 Å². The molecule has 1 heterocycles. The molecule has 4 fully saturated rings. The van der Waals surface area contributed by atoms with Gasteiger partial charge in [0.1, 0.15) is 29.5 Å². The van der Waals surface area contributed by atoms with Gasteiger partial charge in [-0.15, -0.1) is 0 Å². The van der Waals surface area contributed by atoms with E-state index in [0.717, 1.165) is 43.0 Å². The van der Waals surface area contributed by atoms with Crippen LogP contribution in [-0.4, -0.2) is 124 Å². The number of carbonyl (C=O) groups excluding carboxylic acids is 6. The summed E-state index contributed by atoms with van der Waals surface area (Å²) in [6.07, 6.45) is -3.59. The SMILES string of the molecule is CC[Si](CC)(CC)O[C@H]1C[C@H]2OC[C@@]2(OC(C)=O)C2[C@H](OC(=O)C3CCCCC3)[C@]3(O)C[C@H](OC(=O)[C@H](O[Si](C(C)C)(C(C)C)C(C)C)[C@H](C=C(C)C)NC(=O)OC(C)(C)C)C(C)=C([C@@H](OC(C)=O)C(=O)[C@@]21C)C3(C)C. The Morgan fingerprint density at radius 1 is 0.842 bits per heavy atom. The third-order valence-electron chi connectivity index (χ3n) is 18.5. The highest BCUT2D eigenvalue weighted by molar-refractivity contribution is 6.77. The summed E-state index contributed by atoms with van der Waals surface area (Å²) in [7, 11) is -5.63. The molecule has 1 amide bonds. The summed E-state index contributed by atoms with van der Waals surface area (Å²) in [5, 5.41) is 17.4. The Kier molecular flexibility index (Phi) is 19.8. The van der Waals surface area contributed by atoms with Crippen LogP contribution in [0.1, 0.15) is 183 Å². The number of ether oxygens (including phenoxy) is 6. The quantitative estimate of drug-likeness (QED) is 0.0534. The zero-order valence-corrected chi connectivity index (χ0v) is 51.9. The molecule has 2 N–H and O–H groups in total. The molecule has 0 radical (unpaired) electrons. The monoisotopic (exact) mass is 1100 g/mol. The van der Waals surface area contributed by atoms with Crippen LogP contribution in [0.3, 0.4) is 0 Å². The lowest BCUT2D eigenvalue weighted by Crippen LogP contribution is -2.82. The second kappa shape index (κ2) is 23.7. The van der Waals surface area contributed by atoms with Gasteiger partial charge in [-0.1, -0.05) is 107 Å². The van der Waals surface area contributed by atoms with Crippen LogP contribution in [-0.2, 0) is 61.2 Å². The Balaban J connectivity index is 1.88. The molecular weight excluding hydrogens is 1010 g/mol. The molecule has 5 aliphatic rings. The van der Waals surface area contributed by atoms with E-state index in [1.54, 1.807) is 54.5 Å². The van der Waals surface area contributed by atoms with E-state index < -0.39 is 135 Å². The van der Waals surface area contributed by atoms with Gasteiger partial charge >= 0.3 is 30.0 Å². The summed E-state index contributed by atoms with van der Waals surface area (Å²) < 4.78 is 53.4. The molecule has 2 bridgehead atoms. The van der Waals surface area contributed by atoms with Gasteiger partial charge in [0, 0.05) is 32.1 Å². The molecule has 1 unspecified atom stereocenters. The minimum Gasteiger partial charge on any atom is -0.459 e. The van der Waals surface area contributed by atoms with E-state index in [0.29, 0.717) is 18.4 Å². The Hall–Kier alpha value is -3.43. The maximum atomic E-state index is 16.6. The number of ketones is 1. The van der Waals surface area contributed by atoms with Crippen molar-refractivity contribution in [2.24, 2.45) is 22.7 Å². The number of allylic oxidation sites excluding steroid dienone is 1. The summed E-state index contributed by atoms with van der Waals surface area (Å²) in [5.41, 5.74) is -6.90. The number of aliphatic hydroxyl groups is 1. The van der Waals surface area contributed by atoms with Crippen LogP contribution in [0.25, 0.3) is 0 Å². The summed E-state index contributed by atoms with van der Waals surface area (Å²) in [5.74, 6) is -5.36. The van der Waals surface area contributed by atoms with E-state index in [4.69, 9.17) is 37.3 Å². The Morgan fingerprint density at radius 2 is 1.41 bits per heavy atom. The minimum atomic E-state index is -3.00. The third-order valence-corrected chi connectivity index (χ3v) is 29.2. The van der Waals surface area contributed by atoms with Crippen LogP contribution in [0.2, 0.25) is 34.8 Å². The second-order valence-electron chi connectivity index (χ2n) is 25.8. The summed E-state index contributed by atoms with van der Waals surface area (Å²) >= 11 is 0. The molecule has 0 spiro atoms. The van der Waals surface area contributed by atoms with Crippen molar-refractivity contribution in [3.8, 4) is 0 Å². The second-order valence-corrected chi connectivity index (χ2v) is 35.9. The lowest BCUT2D eigenvalue weighted by atomic mass is 9.44. The number of rotatable bonds is 19. The first-order valence-corrected chi connectivity index (χ1v) is 33.1. The highest BCUT2D eigenvalue weighted by Gasteiger charge is 2.79. The van der Waals surface area contributed by atoms with Gasteiger partial charge in [-0.05, 0) is 107 Å². The Morgan fingerprint density at radius 3 is 1.87 bits per heavy atom. The topological polar surface area (TPSA) is 209 Å². The first-order chi connectivity index (χ1) is 35.1. The Bertz CT molecular complexity index is 2190.